The highest BCUT2D eigenvalue weighted by Crippen LogP contribution is 2.29. The van der Waals surface area contributed by atoms with E-state index in [0.717, 1.165) is 6.42 Å². The highest BCUT2D eigenvalue weighted by Gasteiger charge is 2.19. The number of hydrogen-bond donors (Lipinski definition) is 2. The van der Waals surface area contributed by atoms with Gasteiger partial charge in [-0.1, -0.05) is 12.2 Å². The largest absolute Gasteiger partial charge is 0.494 e. The summed E-state index contributed by atoms with van der Waals surface area (Å²) in [6.45, 7) is 0.137. The second-order valence-electron chi connectivity index (χ2n) is 5.04. The van der Waals surface area contributed by atoms with Crippen LogP contribution < -0.4 is 10.1 Å². The number of benzene rings is 1. The van der Waals surface area contributed by atoms with E-state index in [0.29, 0.717) is 16.7 Å². The van der Waals surface area contributed by atoms with Crippen LogP contribution in [0.4, 0.5) is 10.2 Å². The topological polar surface area (TPSA) is 67.3 Å². The minimum Gasteiger partial charge on any atom is -0.494 e. The van der Waals surface area contributed by atoms with Crippen LogP contribution >= 0.6 is 0 Å². The number of aliphatic hydroxyl groups excluding tert-OH is 1. The third-order valence-electron chi connectivity index (χ3n) is 3.64. The molecule has 110 valence electrons. The van der Waals surface area contributed by atoms with Gasteiger partial charge in [0.2, 0.25) is 0 Å². The van der Waals surface area contributed by atoms with Gasteiger partial charge in [-0.05, 0) is 12.5 Å². The van der Waals surface area contributed by atoms with Crippen molar-refractivity contribution in [2.45, 2.75) is 12.5 Å². The maximum Gasteiger partial charge on any atom is 0.167 e. The summed E-state index contributed by atoms with van der Waals surface area (Å²) in [4.78, 5) is 8.31. The van der Waals surface area contributed by atoms with E-state index in [1.807, 2.05) is 12.2 Å². The molecule has 0 amide bonds. The molecule has 21 heavy (non-hydrogen) atoms. The molecule has 0 aliphatic heterocycles. The van der Waals surface area contributed by atoms with Crippen LogP contribution in [0.5, 0.6) is 5.75 Å². The zero-order valence-corrected chi connectivity index (χ0v) is 11.6. The summed E-state index contributed by atoms with van der Waals surface area (Å²) in [5, 5.41) is 13.2. The Labute approximate surface area is 121 Å². The molecule has 1 heterocycles. The molecule has 0 spiro atoms. The normalized spacial score (nSPS) is 20.9. The molecule has 6 heteroatoms. The van der Waals surface area contributed by atoms with Gasteiger partial charge in [0, 0.05) is 30.0 Å². The SMILES string of the molecule is COc1cc2c(N[C@@H]3C=C[C@H](CO)C3)ncnc2cc1F. The molecular formula is C15H16FN3O2. The molecule has 0 unspecified atom stereocenters. The third-order valence-corrected chi connectivity index (χ3v) is 3.64. The van der Waals surface area contributed by atoms with E-state index in [1.54, 1.807) is 6.07 Å². The number of anilines is 1. The van der Waals surface area contributed by atoms with Crippen LogP contribution in [0, 0.1) is 11.7 Å². The maximum atomic E-state index is 13.7. The number of halogens is 1. The van der Waals surface area contributed by atoms with Crippen LogP contribution in [-0.2, 0) is 0 Å². The lowest BCUT2D eigenvalue weighted by Gasteiger charge is -2.15. The van der Waals surface area contributed by atoms with Crippen molar-refractivity contribution in [3.63, 3.8) is 0 Å². The third kappa shape index (κ3) is 2.67. The smallest absolute Gasteiger partial charge is 0.167 e. The van der Waals surface area contributed by atoms with Gasteiger partial charge in [0.25, 0.3) is 0 Å². The van der Waals surface area contributed by atoms with E-state index in [4.69, 9.17) is 9.84 Å². The number of rotatable bonds is 4. The van der Waals surface area contributed by atoms with Crippen molar-refractivity contribution in [3.8, 4) is 5.75 Å². The van der Waals surface area contributed by atoms with Crippen molar-refractivity contribution in [1.29, 1.82) is 0 Å². The molecule has 2 aromatic rings. The Morgan fingerprint density at radius 2 is 2.24 bits per heavy atom. The average Bonchev–Trinajstić information content (AvgIpc) is 2.94. The molecule has 5 nitrogen and oxygen atoms in total. The summed E-state index contributed by atoms with van der Waals surface area (Å²) in [6, 6.07) is 3.02. The lowest BCUT2D eigenvalue weighted by Crippen LogP contribution is -2.17. The lowest BCUT2D eigenvalue weighted by atomic mass is 10.1. The zero-order valence-electron chi connectivity index (χ0n) is 11.6. The second-order valence-corrected chi connectivity index (χ2v) is 5.04. The number of hydrogen-bond acceptors (Lipinski definition) is 5. The Morgan fingerprint density at radius 1 is 1.38 bits per heavy atom. The number of aromatic nitrogens is 2. The monoisotopic (exact) mass is 289 g/mol. The molecule has 0 radical (unpaired) electrons. The summed E-state index contributed by atoms with van der Waals surface area (Å²) in [7, 11) is 1.42. The highest BCUT2D eigenvalue weighted by atomic mass is 19.1. The summed E-state index contributed by atoms with van der Waals surface area (Å²) < 4.78 is 18.7. The number of ether oxygens (including phenoxy) is 1. The molecule has 1 aliphatic rings. The van der Waals surface area contributed by atoms with E-state index < -0.39 is 5.82 Å². The molecule has 3 rings (SSSR count). The van der Waals surface area contributed by atoms with Gasteiger partial charge >= 0.3 is 0 Å². The molecule has 2 atom stereocenters. The van der Waals surface area contributed by atoms with Gasteiger partial charge in [-0.3, -0.25) is 0 Å². The fourth-order valence-corrected chi connectivity index (χ4v) is 2.52. The summed E-state index contributed by atoms with van der Waals surface area (Å²) in [5.74, 6) is 0.514. The number of aliphatic hydroxyl groups is 1. The molecule has 0 saturated heterocycles. The number of nitrogens with zero attached hydrogens (tertiary/aromatic N) is 2. The summed E-state index contributed by atoms with van der Waals surface area (Å²) in [6.07, 6.45) is 6.20. The van der Waals surface area contributed by atoms with E-state index in [1.165, 1.54) is 19.5 Å². The first-order valence-electron chi connectivity index (χ1n) is 6.75. The van der Waals surface area contributed by atoms with E-state index in [-0.39, 0.29) is 24.3 Å². The van der Waals surface area contributed by atoms with Crippen LogP contribution in [-0.4, -0.2) is 34.8 Å². The van der Waals surface area contributed by atoms with Gasteiger partial charge in [0.15, 0.2) is 11.6 Å². The maximum absolute atomic E-state index is 13.7. The Kier molecular flexibility index (Phi) is 3.70. The highest BCUT2D eigenvalue weighted by molar-refractivity contribution is 5.90. The first-order chi connectivity index (χ1) is 10.2. The first kappa shape index (κ1) is 13.8. The van der Waals surface area contributed by atoms with Crippen LogP contribution in [0.3, 0.4) is 0 Å². The molecule has 0 fully saturated rings. The first-order valence-corrected chi connectivity index (χ1v) is 6.75. The Balaban J connectivity index is 1.93. The molecule has 0 saturated carbocycles. The zero-order chi connectivity index (χ0) is 14.8. The van der Waals surface area contributed by atoms with Crippen LogP contribution in [0.15, 0.2) is 30.6 Å². The average molecular weight is 289 g/mol. The van der Waals surface area contributed by atoms with Gasteiger partial charge in [-0.25, -0.2) is 14.4 Å². The van der Waals surface area contributed by atoms with E-state index >= 15 is 0 Å². The standard InChI is InChI=1S/C15H16FN3O2/c1-21-14-5-11-13(6-12(14)16)17-8-18-15(11)19-10-3-2-9(4-10)7-20/h2-3,5-6,8-10,20H,4,7H2,1H3,(H,17,18,19)/t9-,10+/m0/s1. The Hall–Kier alpha value is -2.21. The van der Waals surface area contributed by atoms with E-state index in [2.05, 4.69) is 15.3 Å². The fraction of sp³-hybridized carbons (Fsp3) is 0.333. The molecule has 1 aromatic carbocycles. The van der Waals surface area contributed by atoms with Crippen LogP contribution in [0.25, 0.3) is 10.9 Å². The van der Waals surface area contributed by atoms with Crippen molar-refractivity contribution in [2.24, 2.45) is 5.92 Å². The van der Waals surface area contributed by atoms with Crippen molar-refractivity contribution < 1.29 is 14.2 Å². The summed E-state index contributed by atoms with van der Waals surface area (Å²) in [5.41, 5.74) is 0.520. The quantitative estimate of drug-likeness (QED) is 0.844. The Morgan fingerprint density at radius 3 is 2.95 bits per heavy atom. The number of fused-ring (bicyclic) bond motifs is 1. The van der Waals surface area contributed by atoms with Crippen LogP contribution in [0.2, 0.25) is 0 Å². The Bertz CT molecular complexity index is 690. The number of nitrogens with one attached hydrogen (secondary N) is 1. The van der Waals surface area contributed by atoms with Crippen LogP contribution in [0.1, 0.15) is 6.42 Å². The van der Waals surface area contributed by atoms with E-state index in [9.17, 15) is 4.39 Å². The molecule has 0 bridgehead atoms. The van der Waals surface area contributed by atoms with Gasteiger partial charge in [-0.15, -0.1) is 0 Å². The molecular weight excluding hydrogens is 273 g/mol. The van der Waals surface area contributed by atoms with Crippen molar-refractivity contribution in [3.05, 3.63) is 36.4 Å². The van der Waals surface area contributed by atoms with Crippen molar-refractivity contribution >= 4 is 16.7 Å². The minimum absolute atomic E-state index is 0.0938. The van der Waals surface area contributed by atoms with Crippen molar-refractivity contribution in [1.82, 2.24) is 9.97 Å². The van der Waals surface area contributed by atoms with Gasteiger partial charge in [0.1, 0.15) is 12.1 Å². The van der Waals surface area contributed by atoms with Gasteiger partial charge < -0.3 is 15.2 Å². The fourth-order valence-electron chi connectivity index (χ4n) is 2.52. The van der Waals surface area contributed by atoms with Gasteiger partial charge in [-0.2, -0.15) is 0 Å². The molecule has 1 aromatic heterocycles. The van der Waals surface area contributed by atoms with Crippen molar-refractivity contribution in [2.75, 3.05) is 19.0 Å². The molecule has 2 N–H and O–H groups in total. The second kappa shape index (κ2) is 5.65. The number of methoxy groups -OCH3 is 1. The minimum atomic E-state index is -0.448. The predicted molar refractivity (Wildman–Crippen MR) is 77.8 cm³/mol. The van der Waals surface area contributed by atoms with Gasteiger partial charge in [0.05, 0.1) is 12.6 Å². The predicted octanol–water partition coefficient (Wildman–Crippen LogP) is 2.13. The summed E-state index contributed by atoms with van der Waals surface area (Å²) >= 11 is 0. The lowest BCUT2D eigenvalue weighted by molar-refractivity contribution is 0.250. The molecule has 1 aliphatic carbocycles.